The van der Waals surface area contributed by atoms with E-state index in [1.165, 1.54) is 11.0 Å². The van der Waals surface area contributed by atoms with Crippen molar-refractivity contribution in [3.63, 3.8) is 0 Å². The van der Waals surface area contributed by atoms with Crippen LogP contribution in [0.5, 0.6) is 5.75 Å². The van der Waals surface area contributed by atoms with Gasteiger partial charge < -0.3 is 9.84 Å². The van der Waals surface area contributed by atoms with E-state index in [0.29, 0.717) is 5.69 Å². The second-order valence-corrected chi connectivity index (χ2v) is 4.09. The van der Waals surface area contributed by atoms with Gasteiger partial charge in [0.25, 0.3) is 0 Å². The molecule has 4 heteroatoms. The van der Waals surface area contributed by atoms with Crippen LogP contribution in [0.15, 0.2) is 54.6 Å². The molecule has 0 atom stereocenters. The molecular weight excluding hydrogens is 242 g/mol. The third-order valence-corrected chi connectivity index (χ3v) is 2.72. The Kier molecular flexibility index (Phi) is 4.03. The van der Waals surface area contributed by atoms with Crippen molar-refractivity contribution in [3.05, 3.63) is 60.2 Å². The maximum atomic E-state index is 11.9. The summed E-state index contributed by atoms with van der Waals surface area (Å²) < 4.78 is 5.18. The Morgan fingerprint density at radius 1 is 1.11 bits per heavy atom. The molecule has 0 heterocycles. The first-order valence-electron chi connectivity index (χ1n) is 5.91. The quantitative estimate of drug-likeness (QED) is 0.918. The molecule has 0 aliphatic carbocycles. The molecule has 0 aliphatic rings. The SMILES string of the molecule is CN(C(=O)OCc1ccccc1)c1ccccc1O. The lowest BCUT2D eigenvalue weighted by Gasteiger charge is -2.18. The molecule has 19 heavy (non-hydrogen) atoms. The van der Waals surface area contributed by atoms with E-state index in [2.05, 4.69) is 0 Å². The van der Waals surface area contributed by atoms with E-state index in [1.54, 1.807) is 25.2 Å². The summed E-state index contributed by atoms with van der Waals surface area (Å²) in [5.74, 6) is 0.0432. The highest BCUT2D eigenvalue weighted by molar-refractivity contribution is 5.88. The molecule has 0 aromatic heterocycles. The fourth-order valence-electron chi connectivity index (χ4n) is 1.66. The number of anilines is 1. The average molecular weight is 257 g/mol. The van der Waals surface area contributed by atoms with Crippen molar-refractivity contribution in [2.75, 3.05) is 11.9 Å². The van der Waals surface area contributed by atoms with Crippen molar-refractivity contribution in [1.29, 1.82) is 0 Å². The molecular formula is C15H15NO3. The Bertz CT molecular complexity index is 554. The maximum absolute atomic E-state index is 11.9. The van der Waals surface area contributed by atoms with Crippen LogP contribution in [0.25, 0.3) is 0 Å². The highest BCUT2D eigenvalue weighted by Gasteiger charge is 2.15. The third kappa shape index (κ3) is 3.25. The minimum Gasteiger partial charge on any atom is -0.506 e. The number of para-hydroxylation sites is 2. The molecule has 0 fully saturated rings. The number of carbonyl (C=O) groups excluding carboxylic acids is 1. The van der Waals surface area contributed by atoms with E-state index in [1.807, 2.05) is 30.3 Å². The highest BCUT2D eigenvalue weighted by Crippen LogP contribution is 2.25. The van der Waals surface area contributed by atoms with Crippen LogP contribution in [0.1, 0.15) is 5.56 Å². The fourth-order valence-corrected chi connectivity index (χ4v) is 1.66. The molecule has 1 N–H and O–H groups in total. The van der Waals surface area contributed by atoms with Crippen molar-refractivity contribution < 1.29 is 14.6 Å². The number of benzene rings is 2. The zero-order chi connectivity index (χ0) is 13.7. The van der Waals surface area contributed by atoms with Crippen molar-refractivity contribution in [3.8, 4) is 5.75 Å². The number of phenolic OH excluding ortho intramolecular Hbond substituents is 1. The largest absolute Gasteiger partial charge is 0.506 e. The molecule has 98 valence electrons. The summed E-state index contributed by atoms with van der Waals surface area (Å²) in [7, 11) is 1.56. The molecule has 0 spiro atoms. The van der Waals surface area contributed by atoms with E-state index in [-0.39, 0.29) is 12.4 Å². The first kappa shape index (κ1) is 13.0. The monoisotopic (exact) mass is 257 g/mol. The van der Waals surface area contributed by atoms with Gasteiger partial charge in [-0.2, -0.15) is 0 Å². The second kappa shape index (κ2) is 5.91. The van der Waals surface area contributed by atoms with Crippen LogP contribution >= 0.6 is 0 Å². The molecule has 2 aromatic rings. The Balaban J connectivity index is 1.99. The van der Waals surface area contributed by atoms with Gasteiger partial charge in [-0.1, -0.05) is 42.5 Å². The van der Waals surface area contributed by atoms with Crippen LogP contribution in [-0.2, 0) is 11.3 Å². The predicted octanol–water partition coefficient (Wildman–Crippen LogP) is 3.17. The summed E-state index contributed by atoms with van der Waals surface area (Å²) in [4.78, 5) is 13.1. The normalized spacial score (nSPS) is 9.95. The van der Waals surface area contributed by atoms with Gasteiger partial charge in [-0.3, -0.25) is 4.90 Å². The van der Waals surface area contributed by atoms with Gasteiger partial charge in [0.1, 0.15) is 12.4 Å². The summed E-state index contributed by atoms with van der Waals surface area (Å²) in [6.45, 7) is 0.206. The zero-order valence-electron chi connectivity index (χ0n) is 10.6. The van der Waals surface area contributed by atoms with Crippen LogP contribution in [0.2, 0.25) is 0 Å². The number of aromatic hydroxyl groups is 1. The summed E-state index contributed by atoms with van der Waals surface area (Å²) in [5, 5.41) is 9.67. The molecule has 0 radical (unpaired) electrons. The van der Waals surface area contributed by atoms with Crippen molar-refractivity contribution >= 4 is 11.8 Å². The van der Waals surface area contributed by atoms with Gasteiger partial charge >= 0.3 is 6.09 Å². The maximum Gasteiger partial charge on any atom is 0.414 e. The van der Waals surface area contributed by atoms with Gasteiger partial charge in [0, 0.05) is 7.05 Å². The van der Waals surface area contributed by atoms with Crippen LogP contribution in [-0.4, -0.2) is 18.2 Å². The van der Waals surface area contributed by atoms with Crippen LogP contribution in [0.3, 0.4) is 0 Å². The topological polar surface area (TPSA) is 49.8 Å². The average Bonchev–Trinajstić information content (AvgIpc) is 2.45. The molecule has 4 nitrogen and oxygen atoms in total. The number of hydrogen-bond acceptors (Lipinski definition) is 3. The molecule has 2 rings (SSSR count). The highest BCUT2D eigenvalue weighted by atomic mass is 16.6. The van der Waals surface area contributed by atoms with Crippen molar-refractivity contribution in [1.82, 2.24) is 0 Å². The number of rotatable bonds is 3. The lowest BCUT2D eigenvalue weighted by atomic mass is 10.2. The number of nitrogens with zero attached hydrogens (tertiary/aromatic N) is 1. The van der Waals surface area contributed by atoms with Gasteiger partial charge in [0.15, 0.2) is 0 Å². The minimum absolute atomic E-state index is 0.0432. The lowest BCUT2D eigenvalue weighted by molar-refractivity contribution is 0.148. The molecule has 0 saturated heterocycles. The fraction of sp³-hybridized carbons (Fsp3) is 0.133. The van der Waals surface area contributed by atoms with E-state index < -0.39 is 6.09 Å². The van der Waals surface area contributed by atoms with Crippen molar-refractivity contribution in [2.24, 2.45) is 0 Å². The Morgan fingerprint density at radius 2 is 1.74 bits per heavy atom. The first-order chi connectivity index (χ1) is 9.18. The number of ether oxygens (including phenoxy) is 1. The molecule has 0 saturated carbocycles. The Morgan fingerprint density at radius 3 is 2.42 bits per heavy atom. The van der Waals surface area contributed by atoms with E-state index in [9.17, 15) is 9.90 Å². The molecule has 0 unspecified atom stereocenters. The number of phenols is 1. The summed E-state index contributed by atoms with van der Waals surface area (Å²) >= 11 is 0. The summed E-state index contributed by atoms with van der Waals surface area (Å²) in [6, 6.07) is 16.1. The van der Waals surface area contributed by atoms with Crippen LogP contribution in [0.4, 0.5) is 10.5 Å². The summed E-state index contributed by atoms with van der Waals surface area (Å²) in [6.07, 6.45) is -0.509. The van der Waals surface area contributed by atoms with Gasteiger partial charge in [0.05, 0.1) is 5.69 Å². The van der Waals surface area contributed by atoms with Crippen molar-refractivity contribution in [2.45, 2.75) is 6.61 Å². The van der Waals surface area contributed by atoms with Gasteiger partial charge in [-0.25, -0.2) is 4.79 Å². The van der Waals surface area contributed by atoms with E-state index in [4.69, 9.17) is 4.74 Å². The third-order valence-electron chi connectivity index (χ3n) is 2.72. The zero-order valence-corrected chi connectivity index (χ0v) is 10.6. The second-order valence-electron chi connectivity index (χ2n) is 4.09. The van der Waals surface area contributed by atoms with Crippen LogP contribution in [0, 0.1) is 0 Å². The Hall–Kier alpha value is -2.49. The summed E-state index contributed by atoms with van der Waals surface area (Å²) in [5.41, 5.74) is 1.34. The van der Waals surface area contributed by atoms with E-state index >= 15 is 0 Å². The lowest BCUT2D eigenvalue weighted by Crippen LogP contribution is -2.26. The van der Waals surface area contributed by atoms with Gasteiger partial charge in [0.2, 0.25) is 0 Å². The smallest absolute Gasteiger partial charge is 0.414 e. The molecule has 0 bridgehead atoms. The number of hydrogen-bond donors (Lipinski definition) is 1. The number of carbonyl (C=O) groups is 1. The van der Waals surface area contributed by atoms with E-state index in [0.717, 1.165) is 5.56 Å². The molecule has 0 aliphatic heterocycles. The van der Waals surface area contributed by atoms with Gasteiger partial charge in [-0.15, -0.1) is 0 Å². The predicted molar refractivity (Wildman–Crippen MR) is 73.1 cm³/mol. The van der Waals surface area contributed by atoms with Crippen LogP contribution < -0.4 is 4.90 Å². The Labute approximate surface area is 111 Å². The van der Waals surface area contributed by atoms with Gasteiger partial charge in [-0.05, 0) is 17.7 Å². The number of amides is 1. The minimum atomic E-state index is -0.509. The molecule has 1 amide bonds. The molecule has 2 aromatic carbocycles. The standard InChI is InChI=1S/C15H15NO3/c1-16(13-9-5-6-10-14(13)17)15(18)19-11-12-7-3-2-4-8-12/h2-10,17H,11H2,1H3. The first-order valence-corrected chi connectivity index (χ1v) is 5.91.